The maximum Gasteiger partial charge on any atom is 0.330 e. The van der Waals surface area contributed by atoms with Crippen LogP contribution in [0.4, 0.5) is 0 Å². The number of benzene rings is 1. The fraction of sp³-hybridized carbons (Fsp3) is 0.222. The molecule has 8 heteroatoms. The summed E-state index contributed by atoms with van der Waals surface area (Å²) >= 11 is 1.32. The summed E-state index contributed by atoms with van der Waals surface area (Å²) in [4.78, 5) is 30.8. The lowest BCUT2D eigenvalue weighted by Gasteiger charge is -2.05. The molecule has 0 unspecified atom stereocenters. The molecule has 1 aromatic carbocycles. The predicted molar refractivity (Wildman–Crippen MR) is 101 cm³/mol. The van der Waals surface area contributed by atoms with Gasteiger partial charge in [-0.05, 0) is 31.5 Å². The Labute approximate surface area is 154 Å². The Morgan fingerprint density at radius 1 is 1.42 bits per heavy atom. The quantitative estimate of drug-likeness (QED) is 0.310. The number of thioether (sulfide) groups is 1. The van der Waals surface area contributed by atoms with Gasteiger partial charge in [-0.15, -0.1) is 0 Å². The number of aromatic nitrogens is 4. The highest BCUT2D eigenvalue weighted by molar-refractivity contribution is 7.99. The van der Waals surface area contributed by atoms with Crippen molar-refractivity contribution >= 4 is 28.8 Å². The van der Waals surface area contributed by atoms with Gasteiger partial charge in [0.05, 0.1) is 18.5 Å². The van der Waals surface area contributed by atoms with Crippen LogP contribution in [0.25, 0.3) is 16.7 Å². The maximum absolute atomic E-state index is 12.3. The molecule has 0 bridgehead atoms. The van der Waals surface area contributed by atoms with Crippen LogP contribution in [0, 0.1) is 6.92 Å². The molecule has 0 saturated carbocycles. The average Bonchev–Trinajstić information content (AvgIpc) is 3.03. The largest absolute Gasteiger partial charge is 0.463 e. The monoisotopic (exact) mass is 370 g/mol. The first-order chi connectivity index (χ1) is 12.6. The molecule has 0 atom stereocenters. The highest BCUT2D eigenvalue weighted by atomic mass is 32.2. The van der Waals surface area contributed by atoms with Crippen LogP contribution in [-0.2, 0) is 9.53 Å². The van der Waals surface area contributed by atoms with E-state index in [2.05, 4.69) is 15.1 Å². The molecule has 0 aliphatic heterocycles. The molecule has 0 aliphatic rings. The number of nitrogens with zero attached hydrogens (tertiary/aromatic N) is 3. The third-order valence-electron chi connectivity index (χ3n) is 3.52. The number of esters is 1. The zero-order valence-corrected chi connectivity index (χ0v) is 15.2. The van der Waals surface area contributed by atoms with Gasteiger partial charge in [-0.25, -0.2) is 14.5 Å². The van der Waals surface area contributed by atoms with E-state index >= 15 is 0 Å². The summed E-state index contributed by atoms with van der Waals surface area (Å²) in [6.07, 6.45) is 4.55. The third-order valence-corrected chi connectivity index (χ3v) is 4.35. The van der Waals surface area contributed by atoms with Crippen molar-refractivity contribution in [3.63, 3.8) is 0 Å². The van der Waals surface area contributed by atoms with E-state index in [1.54, 1.807) is 17.7 Å². The number of aryl methyl sites for hydroxylation is 1. The lowest BCUT2D eigenvalue weighted by molar-refractivity contribution is -0.137. The number of hydrogen-bond acceptors (Lipinski definition) is 6. The van der Waals surface area contributed by atoms with Crippen molar-refractivity contribution in [1.29, 1.82) is 0 Å². The minimum Gasteiger partial charge on any atom is -0.463 e. The second-order valence-electron chi connectivity index (χ2n) is 5.47. The molecular weight excluding hydrogens is 352 g/mol. The number of aromatic amines is 1. The number of carbonyl (C=O) groups excluding carboxylic acids is 1. The second-order valence-corrected chi connectivity index (χ2v) is 6.48. The van der Waals surface area contributed by atoms with Crippen molar-refractivity contribution in [2.45, 2.75) is 19.0 Å². The summed E-state index contributed by atoms with van der Waals surface area (Å²) in [7, 11) is 0. The molecule has 3 rings (SSSR count). The van der Waals surface area contributed by atoms with E-state index in [0.717, 1.165) is 11.3 Å². The summed E-state index contributed by atoms with van der Waals surface area (Å²) in [5.41, 5.74) is 2.19. The topological polar surface area (TPSA) is 89.9 Å². The van der Waals surface area contributed by atoms with E-state index < -0.39 is 0 Å². The first-order valence-corrected chi connectivity index (χ1v) is 9.08. The number of hydrogen-bond donors (Lipinski definition) is 1. The first-order valence-electron chi connectivity index (χ1n) is 8.09. The first kappa shape index (κ1) is 17.9. The van der Waals surface area contributed by atoms with Crippen LogP contribution in [0.1, 0.15) is 12.5 Å². The summed E-state index contributed by atoms with van der Waals surface area (Å²) in [6.45, 7) is 4.08. The van der Waals surface area contributed by atoms with Crippen LogP contribution in [0.2, 0.25) is 0 Å². The van der Waals surface area contributed by atoms with Gasteiger partial charge in [0.15, 0.2) is 10.8 Å². The van der Waals surface area contributed by atoms with Crippen LogP contribution in [0.3, 0.4) is 0 Å². The number of fused-ring (bicyclic) bond motifs is 1. The molecular formula is C18H18N4O3S. The Morgan fingerprint density at radius 2 is 2.27 bits per heavy atom. The molecule has 0 radical (unpaired) electrons. The SMILES string of the molecule is CCOC(=O)/C=C/CSc1nc2c(cnn2-c2cccc(C)c2)c(=O)[nH]1. The van der Waals surface area contributed by atoms with Gasteiger partial charge in [0.1, 0.15) is 5.39 Å². The van der Waals surface area contributed by atoms with E-state index in [1.807, 2.05) is 31.2 Å². The van der Waals surface area contributed by atoms with Gasteiger partial charge in [-0.1, -0.05) is 30.0 Å². The summed E-state index contributed by atoms with van der Waals surface area (Å²) in [5, 5.41) is 5.19. The smallest absolute Gasteiger partial charge is 0.330 e. The van der Waals surface area contributed by atoms with Crippen molar-refractivity contribution in [3.05, 3.63) is 58.5 Å². The van der Waals surface area contributed by atoms with Gasteiger partial charge < -0.3 is 9.72 Å². The summed E-state index contributed by atoms with van der Waals surface area (Å²) in [6, 6.07) is 7.81. The van der Waals surface area contributed by atoms with Gasteiger partial charge in [-0.2, -0.15) is 5.10 Å². The Balaban J connectivity index is 1.86. The van der Waals surface area contributed by atoms with Crippen LogP contribution in [-0.4, -0.2) is 38.1 Å². The molecule has 0 aliphatic carbocycles. The van der Waals surface area contributed by atoms with Gasteiger partial charge in [0, 0.05) is 11.8 Å². The molecule has 2 heterocycles. The van der Waals surface area contributed by atoms with Gasteiger partial charge in [0.2, 0.25) is 0 Å². The Hall–Kier alpha value is -2.87. The van der Waals surface area contributed by atoms with Gasteiger partial charge >= 0.3 is 5.97 Å². The minimum absolute atomic E-state index is 0.245. The molecule has 2 aromatic heterocycles. The average molecular weight is 370 g/mol. The van der Waals surface area contributed by atoms with E-state index in [-0.39, 0.29) is 11.5 Å². The van der Waals surface area contributed by atoms with Crippen molar-refractivity contribution in [2.75, 3.05) is 12.4 Å². The van der Waals surface area contributed by atoms with Crippen LogP contribution in [0.15, 0.2) is 52.6 Å². The number of ether oxygens (including phenoxy) is 1. The van der Waals surface area contributed by atoms with E-state index in [0.29, 0.717) is 28.5 Å². The third kappa shape index (κ3) is 4.02. The normalized spacial score (nSPS) is 11.3. The molecule has 134 valence electrons. The summed E-state index contributed by atoms with van der Waals surface area (Å²) in [5.74, 6) is 0.0915. The molecule has 7 nitrogen and oxygen atoms in total. The van der Waals surface area contributed by atoms with Crippen molar-refractivity contribution < 1.29 is 9.53 Å². The van der Waals surface area contributed by atoms with Gasteiger partial charge in [-0.3, -0.25) is 4.79 Å². The number of rotatable bonds is 6. The lowest BCUT2D eigenvalue weighted by atomic mass is 10.2. The van der Waals surface area contributed by atoms with Crippen LogP contribution >= 0.6 is 11.8 Å². The molecule has 1 N–H and O–H groups in total. The van der Waals surface area contributed by atoms with E-state index in [4.69, 9.17) is 4.74 Å². The Bertz CT molecular complexity index is 1020. The zero-order valence-electron chi connectivity index (χ0n) is 14.4. The Morgan fingerprint density at radius 3 is 3.04 bits per heavy atom. The molecule has 3 aromatic rings. The lowest BCUT2D eigenvalue weighted by Crippen LogP contribution is -2.10. The van der Waals surface area contributed by atoms with Crippen molar-refractivity contribution in [1.82, 2.24) is 19.7 Å². The van der Waals surface area contributed by atoms with E-state index in [1.165, 1.54) is 24.0 Å². The molecule has 0 spiro atoms. The van der Waals surface area contributed by atoms with Gasteiger partial charge in [0.25, 0.3) is 5.56 Å². The standard InChI is InChI=1S/C18H18N4O3S/c1-3-25-15(23)8-5-9-26-18-20-16-14(17(24)21-18)11-19-22(16)13-7-4-6-12(2)10-13/h4-8,10-11H,3,9H2,1-2H3,(H,20,21,24)/b8-5+. The fourth-order valence-electron chi connectivity index (χ4n) is 2.38. The second kappa shape index (κ2) is 8.01. The highest BCUT2D eigenvalue weighted by Crippen LogP contribution is 2.18. The molecule has 0 saturated heterocycles. The Kier molecular flexibility index (Phi) is 5.52. The number of H-pyrrole nitrogens is 1. The maximum atomic E-state index is 12.3. The van der Waals surface area contributed by atoms with E-state index in [9.17, 15) is 9.59 Å². The van der Waals surface area contributed by atoms with Crippen LogP contribution in [0.5, 0.6) is 0 Å². The van der Waals surface area contributed by atoms with Crippen molar-refractivity contribution in [2.24, 2.45) is 0 Å². The summed E-state index contributed by atoms with van der Waals surface area (Å²) < 4.78 is 6.46. The fourth-order valence-corrected chi connectivity index (χ4v) is 3.04. The molecule has 0 fully saturated rings. The zero-order chi connectivity index (χ0) is 18.5. The minimum atomic E-state index is -0.387. The highest BCUT2D eigenvalue weighted by Gasteiger charge is 2.11. The van der Waals surface area contributed by atoms with Crippen molar-refractivity contribution in [3.8, 4) is 5.69 Å². The molecule has 0 amide bonds. The molecule has 26 heavy (non-hydrogen) atoms. The van der Waals surface area contributed by atoms with Crippen LogP contribution < -0.4 is 5.56 Å². The number of nitrogens with one attached hydrogen (secondary N) is 1. The predicted octanol–water partition coefficient (Wildman–Crippen LogP) is 2.63. The number of carbonyl (C=O) groups is 1.